The summed E-state index contributed by atoms with van der Waals surface area (Å²) in [6, 6.07) is 15.3. The molecule has 3 rings (SSSR count). The maximum Gasteiger partial charge on any atom is 0.226 e. The minimum absolute atomic E-state index is 0.771. The van der Waals surface area contributed by atoms with Crippen LogP contribution in [0.1, 0.15) is 0 Å². The summed E-state index contributed by atoms with van der Waals surface area (Å²) in [6.45, 7) is -2.85. The SMILES string of the molecule is O=P1(Cl)c2ccccc2-c2ccccc21. The van der Waals surface area contributed by atoms with E-state index in [2.05, 4.69) is 0 Å². The minimum Gasteiger partial charge on any atom is -0.296 e. The summed E-state index contributed by atoms with van der Waals surface area (Å²) in [4.78, 5) is 0. The van der Waals surface area contributed by atoms with Gasteiger partial charge in [-0.2, -0.15) is 0 Å². The van der Waals surface area contributed by atoms with Gasteiger partial charge in [0, 0.05) is 10.6 Å². The standard InChI is InChI=1S/C12H8ClOP/c13-15(14)11-7-3-1-5-9(11)10-6-2-4-8-12(10)15/h1-8H. The molecule has 2 aromatic carbocycles. The molecule has 0 amide bonds. The first-order valence-corrected chi connectivity index (χ1v) is 7.32. The van der Waals surface area contributed by atoms with E-state index >= 15 is 0 Å². The van der Waals surface area contributed by atoms with Crippen LogP contribution >= 0.6 is 17.7 Å². The highest BCUT2D eigenvalue weighted by Crippen LogP contribution is 2.56. The second kappa shape index (κ2) is 2.98. The molecule has 0 spiro atoms. The number of rotatable bonds is 0. The molecule has 0 unspecified atom stereocenters. The number of halogens is 1. The normalized spacial score (nSPS) is 15.8. The van der Waals surface area contributed by atoms with Gasteiger partial charge in [0.25, 0.3) is 0 Å². The third-order valence-electron chi connectivity index (χ3n) is 2.72. The lowest BCUT2D eigenvalue weighted by molar-refractivity contribution is 0.595. The smallest absolute Gasteiger partial charge is 0.226 e. The average molecular weight is 235 g/mol. The van der Waals surface area contributed by atoms with Gasteiger partial charge in [-0.25, -0.2) is 0 Å². The van der Waals surface area contributed by atoms with Crippen LogP contribution in [0.4, 0.5) is 0 Å². The van der Waals surface area contributed by atoms with Crippen LogP contribution in [0, 0.1) is 0 Å². The van der Waals surface area contributed by atoms with Gasteiger partial charge in [-0.15, -0.1) is 0 Å². The fourth-order valence-corrected chi connectivity index (χ4v) is 4.74. The highest BCUT2D eigenvalue weighted by Gasteiger charge is 2.36. The summed E-state index contributed by atoms with van der Waals surface area (Å²) < 4.78 is 12.4. The van der Waals surface area contributed by atoms with Gasteiger partial charge in [-0.1, -0.05) is 36.4 Å². The fraction of sp³-hybridized carbons (Fsp3) is 0. The molecule has 15 heavy (non-hydrogen) atoms. The highest BCUT2D eigenvalue weighted by molar-refractivity contribution is 8.01. The monoisotopic (exact) mass is 234 g/mol. The predicted octanol–water partition coefficient (Wildman–Crippen LogP) is 3.13. The fourth-order valence-electron chi connectivity index (χ4n) is 2.03. The summed E-state index contributed by atoms with van der Waals surface area (Å²) in [7, 11) is 0. The Labute approximate surface area is 92.9 Å². The van der Waals surface area contributed by atoms with Crippen molar-refractivity contribution in [3.8, 4) is 11.1 Å². The summed E-state index contributed by atoms with van der Waals surface area (Å²) in [5.41, 5.74) is 2.01. The zero-order chi connectivity index (χ0) is 10.5. The molecule has 0 aliphatic carbocycles. The van der Waals surface area contributed by atoms with Crippen LogP contribution in [-0.2, 0) is 4.57 Å². The molecule has 1 aliphatic rings. The Morgan fingerprint density at radius 1 is 0.800 bits per heavy atom. The first-order valence-electron chi connectivity index (χ1n) is 4.70. The van der Waals surface area contributed by atoms with E-state index in [-0.39, 0.29) is 0 Å². The molecule has 74 valence electrons. The van der Waals surface area contributed by atoms with E-state index in [4.69, 9.17) is 11.2 Å². The molecule has 0 fully saturated rings. The lowest BCUT2D eigenvalue weighted by Crippen LogP contribution is -2.03. The molecule has 0 atom stereocenters. The van der Waals surface area contributed by atoms with Crippen molar-refractivity contribution in [3.63, 3.8) is 0 Å². The lowest BCUT2D eigenvalue weighted by atomic mass is 10.1. The van der Waals surface area contributed by atoms with Crippen LogP contribution in [0.2, 0.25) is 0 Å². The molecule has 1 aliphatic heterocycles. The molecule has 1 nitrogen and oxygen atoms in total. The van der Waals surface area contributed by atoms with Crippen molar-refractivity contribution in [3.05, 3.63) is 48.5 Å². The Morgan fingerprint density at radius 3 is 1.67 bits per heavy atom. The van der Waals surface area contributed by atoms with Gasteiger partial charge in [0.1, 0.15) is 0 Å². The minimum atomic E-state index is -2.85. The van der Waals surface area contributed by atoms with Crippen molar-refractivity contribution in [2.24, 2.45) is 0 Å². The molecule has 0 aromatic heterocycles. The number of benzene rings is 2. The molecule has 0 radical (unpaired) electrons. The second-order valence-electron chi connectivity index (χ2n) is 3.57. The first kappa shape index (κ1) is 9.21. The van der Waals surface area contributed by atoms with Crippen LogP contribution in [-0.4, -0.2) is 0 Å². The van der Waals surface area contributed by atoms with Crippen LogP contribution in [0.25, 0.3) is 11.1 Å². The number of hydrogen-bond donors (Lipinski definition) is 0. The van der Waals surface area contributed by atoms with Crippen molar-refractivity contribution in [2.45, 2.75) is 0 Å². The zero-order valence-electron chi connectivity index (χ0n) is 7.85. The van der Waals surface area contributed by atoms with E-state index in [1.165, 1.54) is 0 Å². The molecule has 2 aromatic rings. The number of hydrogen-bond acceptors (Lipinski definition) is 1. The molecule has 0 bridgehead atoms. The molecule has 1 heterocycles. The largest absolute Gasteiger partial charge is 0.296 e. The molecular weight excluding hydrogens is 227 g/mol. The quantitative estimate of drug-likeness (QED) is 0.640. The van der Waals surface area contributed by atoms with Crippen molar-refractivity contribution >= 4 is 28.3 Å². The Bertz CT molecular complexity index is 542. The van der Waals surface area contributed by atoms with Crippen LogP contribution < -0.4 is 10.6 Å². The topological polar surface area (TPSA) is 17.1 Å². The molecule has 0 N–H and O–H groups in total. The van der Waals surface area contributed by atoms with Crippen molar-refractivity contribution in [2.75, 3.05) is 0 Å². The van der Waals surface area contributed by atoms with E-state index in [9.17, 15) is 4.57 Å². The van der Waals surface area contributed by atoms with Gasteiger partial charge < -0.3 is 0 Å². The summed E-state index contributed by atoms with van der Waals surface area (Å²) in [5, 5.41) is 1.54. The number of fused-ring (bicyclic) bond motifs is 3. The van der Waals surface area contributed by atoms with Gasteiger partial charge in [-0.05, 0) is 34.5 Å². The van der Waals surface area contributed by atoms with Gasteiger partial charge in [0.05, 0.1) is 0 Å². The van der Waals surface area contributed by atoms with Crippen LogP contribution in [0.15, 0.2) is 48.5 Å². The summed E-state index contributed by atoms with van der Waals surface area (Å²) >= 11 is 6.18. The van der Waals surface area contributed by atoms with Gasteiger partial charge in [0.2, 0.25) is 6.49 Å². The zero-order valence-corrected chi connectivity index (χ0v) is 9.50. The van der Waals surface area contributed by atoms with Crippen molar-refractivity contribution in [1.82, 2.24) is 0 Å². The predicted molar refractivity (Wildman–Crippen MR) is 64.6 cm³/mol. The first-order chi connectivity index (χ1) is 7.21. The van der Waals surface area contributed by atoms with Gasteiger partial charge in [0.15, 0.2) is 0 Å². The highest BCUT2D eigenvalue weighted by atomic mass is 35.7. The Morgan fingerprint density at radius 2 is 1.20 bits per heavy atom. The van der Waals surface area contributed by atoms with E-state index in [1.807, 2.05) is 48.5 Å². The van der Waals surface area contributed by atoms with E-state index in [0.29, 0.717) is 0 Å². The summed E-state index contributed by atoms with van der Waals surface area (Å²) in [6.07, 6.45) is 0. The molecule has 0 saturated heterocycles. The van der Waals surface area contributed by atoms with Crippen LogP contribution in [0.3, 0.4) is 0 Å². The van der Waals surface area contributed by atoms with Crippen molar-refractivity contribution < 1.29 is 4.57 Å². The maximum atomic E-state index is 12.4. The Balaban J connectivity index is 2.47. The maximum absolute atomic E-state index is 12.4. The van der Waals surface area contributed by atoms with Gasteiger partial charge in [-0.3, -0.25) is 4.57 Å². The Hall–Kier alpha value is -1.04. The van der Waals surface area contributed by atoms with E-state index in [0.717, 1.165) is 21.7 Å². The van der Waals surface area contributed by atoms with E-state index in [1.54, 1.807) is 0 Å². The van der Waals surface area contributed by atoms with Crippen LogP contribution in [0.5, 0.6) is 0 Å². The third kappa shape index (κ3) is 1.14. The Kier molecular flexibility index (Phi) is 1.83. The third-order valence-corrected chi connectivity index (χ3v) is 5.83. The second-order valence-corrected chi connectivity index (χ2v) is 7.02. The average Bonchev–Trinajstić information content (AvgIpc) is 2.51. The van der Waals surface area contributed by atoms with Crippen molar-refractivity contribution in [1.29, 1.82) is 0 Å². The molecule has 3 heteroatoms. The molecule has 0 saturated carbocycles. The molecular formula is C12H8ClOP. The van der Waals surface area contributed by atoms with E-state index < -0.39 is 6.49 Å². The lowest BCUT2D eigenvalue weighted by Gasteiger charge is -2.03. The summed E-state index contributed by atoms with van der Waals surface area (Å²) in [5.74, 6) is 0. The van der Waals surface area contributed by atoms with Gasteiger partial charge >= 0.3 is 0 Å².